The van der Waals surface area contributed by atoms with Crippen LogP contribution in [0.3, 0.4) is 0 Å². The number of rotatable bonds is 4. The summed E-state index contributed by atoms with van der Waals surface area (Å²) in [5, 5.41) is 1.92. The van der Waals surface area contributed by atoms with Gasteiger partial charge in [0.2, 0.25) is 0 Å². The van der Waals surface area contributed by atoms with Crippen molar-refractivity contribution < 1.29 is 13.9 Å². The molecule has 4 rings (SSSR count). The Morgan fingerprint density at radius 1 is 1.52 bits per heavy atom. The largest absolute Gasteiger partial charge is 0.463 e. The van der Waals surface area contributed by atoms with E-state index in [9.17, 15) is 9.59 Å². The van der Waals surface area contributed by atoms with Crippen LogP contribution in [0.2, 0.25) is 0 Å². The van der Waals surface area contributed by atoms with E-state index in [0.717, 1.165) is 9.35 Å². The van der Waals surface area contributed by atoms with E-state index in [1.54, 1.807) is 24.5 Å². The second-order valence-electron chi connectivity index (χ2n) is 6.09. The van der Waals surface area contributed by atoms with Crippen LogP contribution in [-0.4, -0.2) is 17.1 Å². The lowest BCUT2D eigenvalue weighted by Crippen LogP contribution is -2.39. The fraction of sp³-hybridized carbons (Fsp3) is 0.211. The number of esters is 1. The van der Waals surface area contributed by atoms with Gasteiger partial charge in [0.15, 0.2) is 8.57 Å². The van der Waals surface area contributed by atoms with Crippen molar-refractivity contribution in [2.75, 3.05) is 6.61 Å². The second kappa shape index (κ2) is 8.32. The number of nitrogens with zero attached hydrogens (tertiary/aromatic N) is 2. The summed E-state index contributed by atoms with van der Waals surface area (Å²) in [6.07, 6.45) is 1.70. The quantitative estimate of drug-likeness (QED) is 0.335. The molecule has 4 heterocycles. The number of furan rings is 1. The molecule has 1 aliphatic heterocycles. The average molecular weight is 605 g/mol. The highest BCUT2D eigenvalue weighted by Gasteiger charge is 2.33. The summed E-state index contributed by atoms with van der Waals surface area (Å²) in [7, 11) is 0. The number of aromatic nitrogens is 1. The third-order valence-electron chi connectivity index (χ3n) is 4.27. The van der Waals surface area contributed by atoms with Gasteiger partial charge in [0.05, 0.1) is 26.9 Å². The predicted octanol–water partition coefficient (Wildman–Crippen LogP) is 3.82. The standard InChI is InChI=1S/C19H14BrIN2O4S2/c1-3-26-18(25)14-9(2)22-19-23(15(14)12-5-4-6-28-12)17(24)13(29-19)8-10-7-11(20)16(21)27-10/h4-8,15H,3H2,1-2H3/b13-8+/t15-/m1/s1. The molecule has 0 saturated heterocycles. The Balaban J connectivity index is 1.94. The van der Waals surface area contributed by atoms with Crippen molar-refractivity contribution in [1.29, 1.82) is 0 Å². The van der Waals surface area contributed by atoms with Gasteiger partial charge in [-0.1, -0.05) is 17.4 Å². The minimum Gasteiger partial charge on any atom is -0.463 e. The predicted molar refractivity (Wildman–Crippen MR) is 124 cm³/mol. The van der Waals surface area contributed by atoms with Crippen LogP contribution in [0.15, 0.2) is 53.5 Å². The first-order valence-electron chi connectivity index (χ1n) is 8.58. The summed E-state index contributed by atoms with van der Waals surface area (Å²) in [5.74, 6) is 0.117. The number of hydrogen-bond donors (Lipinski definition) is 0. The third-order valence-corrected chi connectivity index (χ3v) is 8.31. The van der Waals surface area contributed by atoms with Gasteiger partial charge in [0, 0.05) is 33.5 Å². The van der Waals surface area contributed by atoms with E-state index in [1.165, 1.54) is 22.7 Å². The lowest BCUT2D eigenvalue weighted by Gasteiger charge is -2.23. The Labute approximate surface area is 195 Å². The number of thiazole rings is 1. The van der Waals surface area contributed by atoms with Crippen LogP contribution in [0.1, 0.15) is 30.5 Å². The molecule has 0 spiro atoms. The van der Waals surface area contributed by atoms with Crippen LogP contribution < -0.4 is 14.9 Å². The summed E-state index contributed by atoms with van der Waals surface area (Å²) >= 11 is 8.25. The maximum atomic E-state index is 13.3. The summed E-state index contributed by atoms with van der Waals surface area (Å²) in [4.78, 5) is 32.0. The van der Waals surface area contributed by atoms with Gasteiger partial charge >= 0.3 is 5.97 Å². The monoisotopic (exact) mass is 604 g/mol. The van der Waals surface area contributed by atoms with E-state index in [-0.39, 0.29) is 12.2 Å². The van der Waals surface area contributed by atoms with Crippen LogP contribution in [0.25, 0.3) is 6.08 Å². The van der Waals surface area contributed by atoms with E-state index < -0.39 is 12.0 Å². The lowest BCUT2D eigenvalue weighted by atomic mass is 10.0. The fourth-order valence-corrected chi connectivity index (χ4v) is 5.64. The molecule has 0 saturated carbocycles. The Morgan fingerprint density at radius 2 is 2.31 bits per heavy atom. The van der Waals surface area contributed by atoms with E-state index in [4.69, 9.17) is 9.15 Å². The smallest absolute Gasteiger partial charge is 0.338 e. The second-order valence-corrected chi connectivity index (χ2v) is 9.91. The molecule has 0 fully saturated rings. The van der Waals surface area contributed by atoms with Crippen LogP contribution in [-0.2, 0) is 9.53 Å². The van der Waals surface area contributed by atoms with Gasteiger partial charge in [-0.15, -0.1) is 11.3 Å². The van der Waals surface area contributed by atoms with Crippen molar-refractivity contribution in [3.05, 3.63) is 73.4 Å². The molecule has 1 aliphatic rings. The van der Waals surface area contributed by atoms with Gasteiger partial charge in [0.1, 0.15) is 11.8 Å². The minimum absolute atomic E-state index is 0.219. The van der Waals surface area contributed by atoms with E-state index in [0.29, 0.717) is 30.1 Å². The van der Waals surface area contributed by atoms with Crippen molar-refractivity contribution in [2.24, 2.45) is 4.99 Å². The minimum atomic E-state index is -0.559. The number of fused-ring (bicyclic) bond motifs is 1. The summed E-state index contributed by atoms with van der Waals surface area (Å²) in [6.45, 7) is 3.78. The Hall–Kier alpha value is -1.50. The molecule has 6 nitrogen and oxygen atoms in total. The molecular formula is C19H14BrIN2O4S2. The number of thiophene rings is 1. The molecule has 0 N–H and O–H groups in total. The van der Waals surface area contributed by atoms with Crippen LogP contribution >= 0.6 is 61.2 Å². The molecule has 0 aromatic carbocycles. The zero-order valence-electron chi connectivity index (χ0n) is 15.3. The highest BCUT2D eigenvalue weighted by Crippen LogP contribution is 2.33. The van der Waals surface area contributed by atoms with Crippen molar-refractivity contribution in [3.63, 3.8) is 0 Å². The molecule has 0 bridgehead atoms. The fourth-order valence-electron chi connectivity index (χ4n) is 3.07. The van der Waals surface area contributed by atoms with Crippen LogP contribution in [0.4, 0.5) is 0 Å². The molecule has 0 amide bonds. The zero-order chi connectivity index (χ0) is 20.7. The van der Waals surface area contributed by atoms with Gasteiger partial charge in [-0.05, 0) is 47.3 Å². The molecule has 29 heavy (non-hydrogen) atoms. The number of hydrogen-bond acceptors (Lipinski definition) is 7. The Kier molecular flexibility index (Phi) is 5.96. The summed E-state index contributed by atoms with van der Waals surface area (Å²) in [6, 6.07) is 5.06. The van der Waals surface area contributed by atoms with Gasteiger partial charge in [-0.3, -0.25) is 9.36 Å². The average Bonchev–Trinajstić information content (AvgIpc) is 3.36. The topological polar surface area (TPSA) is 73.8 Å². The van der Waals surface area contributed by atoms with Crippen molar-refractivity contribution in [2.45, 2.75) is 19.9 Å². The van der Waals surface area contributed by atoms with E-state index in [2.05, 4.69) is 43.5 Å². The third kappa shape index (κ3) is 3.82. The molecule has 0 radical (unpaired) electrons. The van der Waals surface area contributed by atoms with Crippen LogP contribution in [0, 0.1) is 3.77 Å². The number of halogens is 2. The van der Waals surface area contributed by atoms with Gasteiger partial charge in [-0.2, -0.15) is 0 Å². The normalized spacial score (nSPS) is 16.7. The van der Waals surface area contributed by atoms with E-state index in [1.807, 2.05) is 23.6 Å². The molecule has 0 unspecified atom stereocenters. The van der Waals surface area contributed by atoms with Crippen molar-refractivity contribution in [3.8, 4) is 0 Å². The zero-order valence-corrected chi connectivity index (χ0v) is 20.6. The van der Waals surface area contributed by atoms with E-state index >= 15 is 0 Å². The lowest BCUT2D eigenvalue weighted by molar-refractivity contribution is -0.139. The molecule has 10 heteroatoms. The Morgan fingerprint density at radius 3 is 2.93 bits per heavy atom. The number of carbonyl (C=O) groups excluding carboxylic acids is 1. The maximum Gasteiger partial charge on any atom is 0.338 e. The summed E-state index contributed by atoms with van der Waals surface area (Å²) < 4.78 is 14.5. The molecule has 150 valence electrons. The molecule has 0 aliphatic carbocycles. The first-order valence-corrected chi connectivity index (χ1v) is 12.2. The van der Waals surface area contributed by atoms with Gasteiger partial charge in [-0.25, -0.2) is 9.79 Å². The molecular weight excluding hydrogens is 591 g/mol. The van der Waals surface area contributed by atoms with Crippen molar-refractivity contribution >= 4 is 73.2 Å². The highest BCUT2D eigenvalue weighted by molar-refractivity contribution is 14.1. The number of carbonyl (C=O) groups is 1. The highest BCUT2D eigenvalue weighted by atomic mass is 127. The first kappa shape index (κ1) is 20.8. The summed E-state index contributed by atoms with van der Waals surface area (Å²) in [5.41, 5.74) is 0.734. The maximum absolute atomic E-state index is 13.3. The number of ether oxygens (including phenoxy) is 1. The molecule has 1 atom stereocenters. The van der Waals surface area contributed by atoms with Crippen LogP contribution in [0.5, 0.6) is 0 Å². The van der Waals surface area contributed by atoms with Gasteiger partial charge in [0.25, 0.3) is 5.56 Å². The van der Waals surface area contributed by atoms with Crippen molar-refractivity contribution in [1.82, 2.24) is 4.57 Å². The SMILES string of the molecule is CCOC(=O)C1=C(C)N=c2s/c(=C/c3cc(Br)c(I)o3)c(=O)n2[C@@H]1c1cccs1. The number of allylic oxidation sites excluding steroid dienone is 1. The first-order chi connectivity index (χ1) is 13.9. The van der Waals surface area contributed by atoms with Gasteiger partial charge < -0.3 is 9.15 Å². The Bertz CT molecular complexity index is 1280. The molecule has 3 aromatic heterocycles. The molecule has 3 aromatic rings.